The first-order chi connectivity index (χ1) is 9.27. The second-order valence-electron chi connectivity index (χ2n) is 3.86. The summed E-state index contributed by atoms with van der Waals surface area (Å²) in [6, 6.07) is 12.1. The number of fused-ring (bicyclic) bond motifs is 1. The third-order valence-electron chi connectivity index (χ3n) is 2.66. The molecule has 2 aromatic rings. The average Bonchev–Trinajstić information content (AvgIpc) is 2.71. The highest BCUT2D eigenvalue weighted by atomic mass is 32.2. The number of carbonyl (C=O) groups excluding carboxylic acids is 2. The van der Waals surface area contributed by atoms with Crippen molar-refractivity contribution in [2.75, 3.05) is 4.72 Å². The molecule has 0 aliphatic carbocycles. The van der Waals surface area contributed by atoms with Crippen molar-refractivity contribution in [2.24, 2.45) is 0 Å². The van der Waals surface area contributed by atoms with Crippen molar-refractivity contribution in [2.45, 2.75) is 0 Å². The standard InChI is InChI=1S/C13H9N3O2S/c17-12-9-5-1-2-6-10(9)13(18)16(12)19-15-11-7-3-4-8-14-11/h1-8H,(H,14,15). The number of nitrogens with zero attached hydrogens (tertiary/aromatic N) is 2. The zero-order valence-corrected chi connectivity index (χ0v) is 10.6. The Kier molecular flexibility index (Phi) is 2.92. The molecule has 0 spiro atoms. The van der Waals surface area contributed by atoms with Gasteiger partial charge in [0.15, 0.2) is 0 Å². The van der Waals surface area contributed by atoms with E-state index in [9.17, 15) is 9.59 Å². The van der Waals surface area contributed by atoms with Gasteiger partial charge in [-0.1, -0.05) is 18.2 Å². The summed E-state index contributed by atoms with van der Waals surface area (Å²) in [5, 5.41) is 0. The number of rotatable bonds is 3. The van der Waals surface area contributed by atoms with E-state index in [0.29, 0.717) is 16.9 Å². The van der Waals surface area contributed by atoms with Crippen LogP contribution in [0.25, 0.3) is 0 Å². The maximum absolute atomic E-state index is 12.1. The number of benzene rings is 1. The van der Waals surface area contributed by atoms with Gasteiger partial charge in [-0.2, -0.15) is 4.31 Å². The molecule has 19 heavy (non-hydrogen) atoms. The molecule has 0 bridgehead atoms. The van der Waals surface area contributed by atoms with Crippen LogP contribution in [0, 0.1) is 0 Å². The number of anilines is 1. The average molecular weight is 271 g/mol. The second kappa shape index (κ2) is 4.74. The van der Waals surface area contributed by atoms with Crippen molar-refractivity contribution in [3.05, 3.63) is 59.8 Å². The summed E-state index contributed by atoms with van der Waals surface area (Å²) in [6.07, 6.45) is 1.63. The van der Waals surface area contributed by atoms with Gasteiger partial charge in [-0.05, 0) is 24.3 Å². The maximum Gasteiger partial charge on any atom is 0.273 e. The lowest BCUT2D eigenvalue weighted by Crippen LogP contribution is -2.24. The Morgan fingerprint density at radius 1 is 0.947 bits per heavy atom. The van der Waals surface area contributed by atoms with Crippen LogP contribution in [0.5, 0.6) is 0 Å². The Morgan fingerprint density at radius 2 is 1.58 bits per heavy atom. The van der Waals surface area contributed by atoms with Gasteiger partial charge < -0.3 is 0 Å². The molecule has 0 unspecified atom stereocenters. The lowest BCUT2D eigenvalue weighted by molar-refractivity contribution is 0.0777. The van der Waals surface area contributed by atoms with Crippen molar-refractivity contribution in [1.82, 2.24) is 9.29 Å². The van der Waals surface area contributed by atoms with Crippen LogP contribution in [0.1, 0.15) is 20.7 Å². The van der Waals surface area contributed by atoms with Crippen LogP contribution in [0.4, 0.5) is 5.82 Å². The molecule has 1 aromatic heterocycles. The van der Waals surface area contributed by atoms with Gasteiger partial charge in [0.25, 0.3) is 11.8 Å². The van der Waals surface area contributed by atoms with Gasteiger partial charge in [0.2, 0.25) is 0 Å². The van der Waals surface area contributed by atoms with E-state index in [4.69, 9.17) is 0 Å². The topological polar surface area (TPSA) is 62.3 Å². The van der Waals surface area contributed by atoms with Crippen molar-refractivity contribution in [3.63, 3.8) is 0 Å². The predicted octanol–water partition coefficient (Wildman–Crippen LogP) is 2.35. The summed E-state index contributed by atoms with van der Waals surface area (Å²) in [6.45, 7) is 0. The molecule has 2 amide bonds. The molecule has 6 heteroatoms. The number of nitrogens with one attached hydrogen (secondary N) is 1. The molecule has 5 nitrogen and oxygen atoms in total. The fraction of sp³-hybridized carbons (Fsp3) is 0. The number of hydrogen-bond acceptors (Lipinski definition) is 5. The molecule has 0 atom stereocenters. The molecular formula is C13H9N3O2S. The van der Waals surface area contributed by atoms with Crippen molar-refractivity contribution >= 4 is 29.8 Å². The number of imide groups is 1. The molecule has 94 valence electrons. The first-order valence-corrected chi connectivity index (χ1v) is 6.36. The minimum atomic E-state index is -0.311. The third-order valence-corrected chi connectivity index (χ3v) is 3.48. The van der Waals surface area contributed by atoms with Gasteiger partial charge in [0.05, 0.1) is 23.3 Å². The minimum absolute atomic E-state index is 0.311. The molecule has 1 N–H and O–H groups in total. The second-order valence-corrected chi connectivity index (χ2v) is 4.61. The van der Waals surface area contributed by atoms with E-state index in [1.54, 1.807) is 42.6 Å². The van der Waals surface area contributed by atoms with Gasteiger partial charge in [0, 0.05) is 6.20 Å². The van der Waals surface area contributed by atoms with E-state index >= 15 is 0 Å². The van der Waals surface area contributed by atoms with Crippen molar-refractivity contribution in [3.8, 4) is 0 Å². The lowest BCUT2D eigenvalue weighted by Gasteiger charge is -2.12. The van der Waals surface area contributed by atoms with E-state index in [-0.39, 0.29) is 11.8 Å². The Balaban J connectivity index is 1.78. The third kappa shape index (κ3) is 2.06. The summed E-state index contributed by atoms with van der Waals surface area (Å²) in [7, 11) is 0. The van der Waals surface area contributed by atoms with Crippen LogP contribution in [0.2, 0.25) is 0 Å². The summed E-state index contributed by atoms with van der Waals surface area (Å²) >= 11 is 0.932. The normalized spacial score (nSPS) is 13.6. The molecule has 1 aromatic carbocycles. The minimum Gasteiger partial charge on any atom is -0.296 e. The number of aromatic nitrogens is 1. The van der Waals surface area contributed by atoms with Gasteiger partial charge in [-0.3, -0.25) is 14.3 Å². The Labute approximate surface area is 113 Å². The van der Waals surface area contributed by atoms with Crippen LogP contribution >= 0.6 is 12.1 Å². The zero-order chi connectivity index (χ0) is 13.2. The molecule has 0 saturated heterocycles. The van der Waals surface area contributed by atoms with Crippen molar-refractivity contribution in [1.29, 1.82) is 0 Å². The molecule has 0 radical (unpaired) electrons. The first kappa shape index (κ1) is 11.7. The quantitative estimate of drug-likeness (QED) is 0.686. The summed E-state index contributed by atoms with van der Waals surface area (Å²) in [4.78, 5) is 28.2. The molecular weight excluding hydrogens is 262 g/mol. The fourth-order valence-electron chi connectivity index (χ4n) is 1.77. The number of amides is 2. The fourth-order valence-corrected chi connectivity index (χ4v) is 2.43. The largest absolute Gasteiger partial charge is 0.296 e. The predicted molar refractivity (Wildman–Crippen MR) is 72.4 cm³/mol. The monoisotopic (exact) mass is 271 g/mol. The summed E-state index contributed by atoms with van der Waals surface area (Å²) in [5.74, 6) is -0.0351. The van der Waals surface area contributed by atoms with E-state index in [0.717, 1.165) is 16.4 Å². The Morgan fingerprint density at radius 3 is 2.16 bits per heavy atom. The van der Waals surface area contributed by atoms with Crippen molar-refractivity contribution < 1.29 is 9.59 Å². The summed E-state index contributed by atoms with van der Waals surface area (Å²) < 4.78 is 3.97. The van der Waals surface area contributed by atoms with Gasteiger partial charge in [-0.15, -0.1) is 0 Å². The highest BCUT2D eigenvalue weighted by Gasteiger charge is 2.36. The van der Waals surface area contributed by atoms with E-state index in [1.165, 1.54) is 0 Å². The first-order valence-electron chi connectivity index (χ1n) is 5.59. The molecule has 1 aliphatic rings. The molecule has 2 heterocycles. The maximum atomic E-state index is 12.1. The smallest absolute Gasteiger partial charge is 0.273 e. The number of pyridine rings is 1. The SMILES string of the molecule is O=C1c2ccccc2C(=O)N1SNc1ccccn1. The summed E-state index contributed by atoms with van der Waals surface area (Å²) in [5.41, 5.74) is 0.866. The molecule has 0 fully saturated rings. The van der Waals surface area contributed by atoms with Crippen LogP contribution in [0.3, 0.4) is 0 Å². The van der Waals surface area contributed by atoms with Crippen LogP contribution < -0.4 is 4.72 Å². The lowest BCUT2D eigenvalue weighted by atomic mass is 10.1. The highest BCUT2D eigenvalue weighted by molar-refractivity contribution is 7.99. The van der Waals surface area contributed by atoms with Gasteiger partial charge >= 0.3 is 0 Å². The molecule has 3 rings (SSSR count). The van der Waals surface area contributed by atoms with Gasteiger partial charge in [0.1, 0.15) is 5.82 Å². The molecule has 0 saturated carbocycles. The number of carbonyl (C=O) groups is 2. The number of hydrogen-bond donors (Lipinski definition) is 1. The highest BCUT2D eigenvalue weighted by Crippen LogP contribution is 2.28. The Hall–Kier alpha value is -2.34. The van der Waals surface area contributed by atoms with Crippen LogP contribution in [0.15, 0.2) is 48.7 Å². The van der Waals surface area contributed by atoms with Crippen LogP contribution in [-0.2, 0) is 0 Å². The van der Waals surface area contributed by atoms with Crippen LogP contribution in [-0.4, -0.2) is 21.1 Å². The Bertz CT molecular complexity index is 610. The van der Waals surface area contributed by atoms with E-state index < -0.39 is 0 Å². The van der Waals surface area contributed by atoms with Gasteiger partial charge in [-0.25, -0.2) is 4.98 Å². The van der Waals surface area contributed by atoms with E-state index in [1.807, 2.05) is 6.07 Å². The van der Waals surface area contributed by atoms with E-state index in [2.05, 4.69) is 9.71 Å². The zero-order valence-electron chi connectivity index (χ0n) is 9.74. The molecule has 1 aliphatic heterocycles.